The number of imide groups is 1. The van der Waals surface area contributed by atoms with E-state index in [9.17, 15) is 14.4 Å². The molecule has 1 aromatic rings. The van der Waals surface area contributed by atoms with Crippen LogP contribution in [-0.2, 0) is 20.8 Å². The minimum atomic E-state index is -0.619. The van der Waals surface area contributed by atoms with Crippen LogP contribution < -0.4 is 5.32 Å². The van der Waals surface area contributed by atoms with Crippen molar-refractivity contribution < 1.29 is 14.4 Å². The molecule has 1 aliphatic heterocycles. The smallest absolute Gasteiger partial charge is 0.249 e. The maximum Gasteiger partial charge on any atom is 0.249 e. The zero-order chi connectivity index (χ0) is 14.7. The summed E-state index contributed by atoms with van der Waals surface area (Å²) in [7, 11) is 0. The number of hydrogen-bond acceptors (Lipinski definition) is 3. The van der Waals surface area contributed by atoms with Crippen LogP contribution in [0.4, 0.5) is 0 Å². The van der Waals surface area contributed by atoms with Gasteiger partial charge in [-0.15, -0.1) is 0 Å². The second-order valence-corrected chi connectivity index (χ2v) is 5.11. The Balaban J connectivity index is 1.99. The Morgan fingerprint density at radius 1 is 1.40 bits per heavy atom. The Bertz CT molecular complexity index is 559. The van der Waals surface area contributed by atoms with Gasteiger partial charge >= 0.3 is 0 Å². The molecule has 0 aromatic heterocycles. The van der Waals surface area contributed by atoms with Gasteiger partial charge in [0.25, 0.3) is 0 Å². The third-order valence-electron chi connectivity index (χ3n) is 3.31. The van der Waals surface area contributed by atoms with Crippen molar-refractivity contribution in [3.8, 4) is 0 Å². The maximum atomic E-state index is 12.1. The lowest BCUT2D eigenvalue weighted by molar-refractivity contribution is -0.149. The number of nitrogens with one attached hydrogen (secondary N) is 1. The highest BCUT2D eigenvalue weighted by atomic mass is 35.5. The van der Waals surface area contributed by atoms with Crippen molar-refractivity contribution in [2.45, 2.75) is 25.8 Å². The van der Waals surface area contributed by atoms with Crippen molar-refractivity contribution in [2.75, 3.05) is 6.54 Å². The van der Waals surface area contributed by atoms with Crippen molar-refractivity contribution in [1.29, 1.82) is 0 Å². The van der Waals surface area contributed by atoms with Gasteiger partial charge in [-0.25, -0.2) is 0 Å². The van der Waals surface area contributed by atoms with E-state index < -0.39 is 17.9 Å². The number of carbonyl (C=O) groups excluding carboxylic acids is 3. The van der Waals surface area contributed by atoms with E-state index in [2.05, 4.69) is 5.32 Å². The molecule has 1 saturated heterocycles. The summed E-state index contributed by atoms with van der Waals surface area (Å²) in [6.07, 6.45) is 0.701. The van der Waals surface area contributed by atoms with Crippen molar-refractivity contribution >= 4 is 29.3 Å². The van der Waals surface area contributed by atoms with Crippen LogP contribution in [0.5, 0.6) is 0 Å². The van der Waals surface area contributed by atoms with Crippen LogP contribution in [0.25, 0.3) is 0 Å². The Labute approximate surface area is 121 Å². The Hall–Kier alpha value is -1.88. The summed E-state index contributed by atoms with van der Waals surface area (Å²) in [4.78, 5) is 36.3. The van der Waals surface area contributed by atoms with E-state index in [0.29, 0.717) is 11.4 Å². The van der Waals surface area contributed by atoms with Crippen LogP contribution >= 0.6 is 11.6 Å². The van der Waals surface area contributed by atoms with Gasteiger partial charge in [-0.05, 0) is 25.0 Å². The molecule has 1 fully saturated rings. The first-order chi connectivity index (χ1) is 9.49. The highest BCUT2D eigenvalue weighted by Gasteiger charge is 2.33. The first-order valence-corrected chi connectivity index (χ1v) is 6.73. The Morgan fingerprint density at radius 2 is 2.10 bits per heavy atom. The summed E-state index contributed by atoms with van der Waals surface area (Å²) >= 11 is 6.03. The number of amides is 3. The Kier molecular flexibility index (Phi) is 4.39. The minimum Gasteiger partial charge on any atom is -0.322 e. The molecule has 0 radical (unpaired) electrons. The van der Waals surface area contributed by atoms with Gasteiger partial charge in [0.2, 0.25) is 17.7 Å². The van der Waals surface area contributed by atoms with E-state index in [4.69, 9.17) is 11.6 Å². The molecule has 1 N–H and O–H groups in total. The topological polar surface area (TPSA) is 66.5 Å². The predicted molar refractivity (Wildman–Crippen MR) is 74.1 cm³/mol. The van der Waals surface area contributed by atoms with Crippen LogP contribution in [0, 0.1) is 0 Å². The largest absolute Gasteiger partial charge is 0.322 e. The number of hydrogen-bond donors (Lipinski definition) is 1. The zero-order valence-corrected chi connectivity index (χ0v) is 11.8. The molecule has 1 heterocycles. The molecule has 6 heteroatoms. The molecular formula is C14H15ClN2O3. The molecule has 0 aliphatic carbocycles. The summed E-state index contributed by atoms with van der Waals surface area (Å²) in [5.41, 5.74) is 0.878. The van der Waals surface area contributed by atoms with Gasteiger partial charge < -0.3 is 4.90 Å². The van der Waals surface area contributed by atoms with Crippen molar-refractivity contribution in [1.82, 2.24) is 10.2 Å². The van der Waals surface area contributed by atoms with Gasteiger partial charge in [0.1, 0.15) is 12.6 Å². The molecule has 2 rings (SSSR count). The summed E-state index contributed by atoms with van der Waals surface area (Å²) < 4.78 is 0. The fraction of sp³-hybridized carbons (Fsp3) is 0.357. The Morgan fingerprint density at radius 3 is 2.80 bits per heavy atom. The highest BCUT2D eigenvalue weighted by Crippen LogP contribution is 2.17. The normalized spacial score (nSPS) is 18.9. The van der Waals surface area contributed by atoms with Crippen LogP contribution in [0.3, 0.4) is 0 Å². The first-order valence-electron chi connectivity index (χ1n) is 6.35. The van der Waals surface area contributed by atoms with Gasteiger partial charge in [-0.1, -0.05) is 29.8 Å². The maximum absolute atomic E-state index is 12.1. The summed E-state index contributed by atoms with van der Waals surface area (Å²) in [5, 5.41) is 2.82. The molecule has 1 aliphatic rings. The van der Waals surface area contributed by atoms with E-state index in [1.165, 1.54) is 4.90 Å². The van der Waals surface area contributed by atoms with Crippen molar-refractivity contribution in [2.24, 2.45) is 0 Å². The SMILES string of the molecule is CC1C(=O)NC(=O)CN1C(=O)CCc1ccccc1Cl. The summed E-state index contributed by atoms with van der Waals surface area (Å²) in [6, 6.07) is 6.68. The fourth-order valence-electron chi connectivity index (χ4n) is 2.11. The van der Waals surface area contributed by atoms with E-state index in [1.807, 2.05) is 18.2 Å². The third-order valence-corrected chi connectivity index (χ3v) is 3.68. The van der Waals surface area contributed by atoms with E-state index in [1.54, 1.807) is 13.0 Å². The number of rotatable bonds is 3. The van der Waals surface area contributed by atoms with Crippen LogP contribution in [0.15, 0.2) is 24.3 Å². The van der Waals surface area contributed by atoms with E-state index in [0.717, 1.165) is 5.56 Å². The van der Waals surface area contributed by atoms with Gasteiger partial charge in [-0.3, -0.25) is 19.7 Å². The van der Waals surface area contributed by atoms with Crippen molar-refractivity contribution in [3.63, 3.8) is 0 Å². The fourth-order valence-corrected chi connectivity index (χ4v) is 2.34. The lowest BCUT2D eigenvalue weighted by atomic mass is 10.1. The molecule has 20 heavy (non-hydrogen) atoms. The number of benzene rings is 1. The number of aryl methyl sites for hydroxylation is 1. The number of nitrogens with zero attached hydrogens (tertiary/aromatic N) is 1. The average molecular weight is 295 g/mol. The van der Waals surface area contributed by atoms with E-state index >= 15 is 0 Å². The molecule has 0 saturated carbocycles. The number of halogens is 1. The van der Waals surface area contributed by atoms with Crippen LogP contribution in [-0.4, -0.2) is 35.2 Å². The molecule has 1 atom stereocenters. The molecule has 5 nitrogen and oxygen atoms in total. The third kappa shape index (κ3) is 3.17. The van der Waals surface area contributed by atoms with Crippen molar-refractivity contribution in [3.05, 3.63) is 34.9 Å². The monoisotopic (exact) mass is 294 g/mol. The highest BCUT2D eigenvalue weighted by molar-refractivity contribution is 6.31. The van der Waals surface area contributed by atoms with Gasteiger partial charge in [0, 0.05) is 11.4 Å². The second-order valence-electron chi connectivity index (χ2n) is 4.70. The summed E-state index contributed by atoms with van der Waals surface area (Å²) in [5.74, 6) is -1.10. The second kappa shape index (κ2) is 6.05. The molecular weight excluding hydrogens is 280 g/mol. The van der Waals surface area contributed by atoms with Crippen LogP contribution in [0.1, 0.15) is 18.9 Å². The quantitative estimate of drug-likeness (QED) is 0.850. The zero-order valence-electron chi connectivity index (χ0n) is 11.1. The van der Waals surface area contributed by atoms with E-state index in [-0.39, 0.29) is 18.9 Å². The lowest BCUT2D eigenvalue weighted by Gasteiger charge is -2.31. The lowest BCUT2D eigenvalue weighted by Crippen LogP contribution is -2.58. The number of carbonyl (C=O) groups is 3. The van der Waals surface area contributed by atoms with Gasteiger partial charge in [0.15, 0.2) is 0 Å². The predicted octanol–water partition coefficient (Wildman–Crippen LogP) is 1.15. The standard InChI is InChI=1S/C14H15ClN2O3/c1-9-14(20)16-12(18)8-17(9)13(19)7-6-10-4-2-3-5-11(10)15/h2-5,9H,6-8H2,1H3,(H,16,18,20). The molecule has 0 spiro atoms. The summed E-state index contributed by atoms with van der Waals surface area (Å²) in [6.45, 7) is 1.53. The first kappa shape index (κ1) is 14.5. The molecule has 3 amide bonds. The van der Waals surface area contributed by atoms with Gasteiger partial charge in [-0.2, -0.15) is 0 Å². The minimum absolute atomic E-state index is 0.0751. The molecule has 0 bridgehead atoms. The molecule has 1 unspecified atom stereocenters. The van der Waals surface area contributed by atoms with Gasteiger partial charge in [0.05, 0.1) is 0 Å². The molecule has 1 aromatic carbocycles. The number of piperazine rings is 1. The molecule has 106 valence electrons. The average Bonchev–Trinajstić information content (AvgIpc) is 2.41. The van der Waals surface area contributed by atoms with Crippen LogP contribution in [0.2, 0.25) is 5.02 Å².